The minimum atomic E-state index is -1.52. The maximum Gasteiger partial charge on any atom is 0.224 e. The molecule has 2 N–H and O–H groups in total. The van der Waals surface area contributed by atoms with Crippen LogP contribution in [-0.2, 0) is 11.2 Å². The molecule has 0 aliphatic rings. The van der Waals surface area contributed by atoms with Gasteiger partial charge in [-0.05, 0) is 23.8 Å². The Labute approximate surface area is 125 Å². The van der Waals surface area contributed by atoms with Gasteiger partial charge in [-0.3, -0.25) is 4.79 Å². The highest BCUT2D eigenvalue weighted by Gasteiger charge is 2.18. The van der Waals surface area contributed by atoms with E-state index in [1.165, 1.54) is 24.3 Å². The average molecular weight is 309 g/mol. The van der Waals surface area contributed by atoms with Crippen LogP contribution in [0.3, 0.4) is 0 Å². The van der Waals surface area contributed by atoms with Crippen LogP contribution in [-0.4, -0.2) is 17.6 Å². The van der Waals surface area contributed by atoms with Crippen molar-refractivity contribution in [2.24, 2.45) is 0 Å². The van der Waals surface area contributed by atoms with Crippen LogP contribution in [0.4, 0.5) is 13.2 Å². The number of nitrogens with one attached hydrogen (secondary N) is 1. The zero-order valence-electron chi connectivity index (χ0n) is 11.5. The Balaban J connectivity index is 1.95. The molecule has 1 amide bonds. The molecule has 0 saturated heterocycles. The summed E-state index contributed by atoms with van der Waals surface area (Å²) in [4.78, 5) is 11.7. The van der Waals surface area contributed by atoms with Crippen LogP contribution in [0, 0.1) is 17.5 Å². The Bertz CT molecular complexity index is 656. The molecule has 0 heterocycles. The maximum atomic E-state index is 13.5. The Kier molecular flexibility index (Phi) is 5.16. The molecule has 1 unspecified atom stereocenters. The van der Waals surface area contributed by atoms with Crippen molar-refractivity contribution >= 4 is 5.91 Å². The summed E-state index contributed by atoms with van der Waals surface area (Å²) in [6.45, 7) is -0.370. The molecule has 1 atom stereocenters. The number of carbonyl (C=O) groups excluding carboxylic acids is 1. The number of halogens is 3. The van der Waals surface area contributed by atoms with Gasteiger partial charge in [0.25, 0.3) is 0 Å². The van der Waals surface area contributed by atoms with Gasteiger partial charge in [-0.2, -0.15) is 0 Å². The number of amides is 1. The number of benzene rings is 2. The molecule has 0 aliphatic heterocycles. The molecule has 0 aromatic heterocycles. The lowest BCUT2D eigenvalue weighted by atomic mass is 10.1. The zero-order valence-corrected chi connectivity index (χ0v) is 11.5. The number of hydrogen-bond donors (Lipinski definition) is 2. The Morgan fingerprint density at radius 2 is 1.59 bits per heavy atom. The van der Waals surface area contributed by atoms with Crippen molar-refractivity contribution < 1.29 is 23.1 Å². The zero-order chi connectivity index (χ0) is 16.1. The molecule has 3 nitrogen and oxygen atoms in total. The number of rotatable bonds is 5. The summed E-state index contributed by atoms with van der Waals surface area (Å²) in [7, 11) is 0. The third-order valence-corrected chi connectivity index (χ3v) is 3.13. The van der Waals surface area contributed by atoms with Crippen molar-refractivity contribution in [1.29, 1.82) is 0 Å². The summed E-state index contributed by atoms with van der Waals surface area (Å²) in [5.41, 5.74) is -0.305. The van der Waals surface area contributed by atoms with Crippen molar-refractivity contribution in [2.45, 2.75) is 12.5 Å². The first-order chi connectivity index (χ1) is 10.5. The van der Waals surface area contributed by atoms with Crippen LogP contribution in [0.25, 0.3) is 0 Å². The van der Waals surface area contributed by atoms with Gasteiger partial charge in [0, 0.05) is 6.54 Å². The Hall–Kier alpha value is -2.34. The second-order valence-corrected chi connectivity index (χ2v) is 4.72. The van der Waals surface area contributed by atoms with E-state index in [4.69, 9.17) is 0 Å². The van der Waals surface area contributed by atoms with E-state index in [1.807, 2.05) is 0 Å². The number of aliphatic hydroxyl groups is 1. The summed E-state index contributed by atoms with van der Waals surface area (Å²) in [6, 6.07) is 8.99. The van der Waals surface area contributed by atoms with Gasteiger partial charge in [0.05, 0.1) is 12.0 Å². The lowest BCUT2D eigenvalue weighted by molar-refractivity contribution is -0.121. The van der Waals surface area contributed by atoms with Gasteiger partial charge < -0.3 is 10.4 Å². The van der Waals surface area contributed by atoms with Crippen LogP contribution in [0.15, 0.2) is 42.5 Å². The highest BCUT2D eigenvalue weighted by atomic mass is 19.1. The van der Waals surface area contributed by atoms with E-state index in [1.54, 1.807) is 6.07 Å². The van der Waals surface area contributed by atoms with Crippen LogP contribution < -0.4 is 5.32 Å². The monoisotopic (exact) mass is 309 g/mol. The fourth-order valence-corrected chi connectivity index (χ4v) is 2.02. The number of carbonyl (C=O) groups is 1. The largest absolute Gasteiger partial charge is 0.386 e. The molecule has 0 spiro atoms. The molecule has 0 bridgehead atoms. The topological polar surface area (TPSA) is 49.3 Å². The van der Waals surface area contributed by atoms with E-state index in [-0.39, 0.29) is 18.5 Å². The molecule has 2 rings (SSSR count). The first-order valence-corrected chi connectivity index (χ1v) is 6.61. The highest BCUT2D eigenvalue weighted by Crippen LogP contribution is 2.20. The molecule has 0 saturated carbocycles. The number of aliphatic hydroxyl groups excluding tert-OH is 1. The molecular formula is C16H14F3NO2. The van der Waals surface area contributed by atoms with Gasteiger partial charge in [-0.25, -0.2) is 13.2 Å². The normalized spacial score (nSPS) is 12.0. The smallest absolute Gasteiger partial charge is 0.224 e. The lowest BCUT2D eigenvalue weighted by Crippen LogP contribution is -2.30. The van der Waals surface area contributed by atoms with Crippen LogP contribution in [0.1, 0.15) is 17.2 Å². The second kappa shape index (κ2) is 7.09. The predicted octanol–water partition coefficient (Wildman–Crippen LogP) is 2.50. The Morgan fingerprint density at radius 3 is 2.23 bits per heavy atom. The Morgan fingerprint density at radius 1 is 1.00 bits per heavy atom. The second-order valence-electron chi connectivity index (χ2n) is 4.72. The van der Waals surface area contributed by atoms with E-state index < -0.39 is 35.0 Å². The quantitative estimate of drug-likeness (QED) is 0.891. The summed E-state index contributed by atoms with van der Waals surface area (Å²) in [5.74, 6) is -2.86. The minimum absolute atomic E-state index is 0.201. The third kappa shape index (κ3) is 3.85. The standard InChI is InChI=1S/C16H14F3NO2/c17-11-5-2-1-4-10(11)8-15(22)20-9-14(21)16-12(18)6-3-7-13(16)19/h1-7,14,21H,8-9H2,(H,20,22). The van der Waals surface area contributed by atoms with Crippen LogP contribution >= 0.6 is 0 Å². The van der Waals surface area contributed by atoms with Gasteiger partial charge in [0.1, 0.15) is 23.6 Å². The summed E-state index contributed by atoms with van der Waals surface area (Å²) < 4.78 is 40.3. The van der Waals surface area contributed by atoms with E-state index in [2.05, 4.69) is 5.32 Å². The van der Waals surface area contributed by atoms with Crippen molar-refractivity contribution in [3.05, 3.63) is 71.0 Å². The molecule has 0 aliphatic carbocycles. The molecule has 6 heteroatoms. The molecule has 2 aromatic carbocycles. The molecule has 22 heavy (non-hydrogen) atoms. The van der Waals surface area contributed by atoms with Crippen molar-refractivity contribution in [3.63, 3.8) is 0 Å². The van der Waals surface area contributed by atoms with Crippen molar-refractivity contribution in [1.82, 2.24) is 5.32 Å². The van der Waals surface area contributed by atoms with E-state index in [0.29, 0.717) is 0 Å². The van der Waals surface area contributed by atoms with Gasteiger partial charge >= 0.3 is 0 Å². The van der Waals surface area contributed by atoms with Crippen molar-refractivity contribution in [2.75, 3.05) is 6.54 Å². The van der Waals surface area contributed by atoms with Gasteiger partial charge in [-0.1, -0.05) is 24.3 Å². The van der Waals surface area contributed by atoms with Gasteiger partial charge in [0.15, 0.2) is 0 Å². The predicted molar refractivity (Wildman–Crippen MR) is 74.4 cm³/mol. The first-order valence-electron chi connectivity index (χ1n) is 6.61. The van der Waals surface area contributed by atoms with E-state index >= 15 is 0 Å². The highest BCUT2D eigenvalue weighted by molar-refractivity contribution is 5.78. The fraction of sp³-hybridized carbons (Fsp3) is 0.188. The molecule has 0 fully saturated rings. The molecule has 0 radical (unpaired) electrons. The maximum absolute atomic E-state index is 13.5. The first kappa shape index (κ1) is 16.0. The molecule has 116 valence electrons. The van der Waals surface area contributed by atoms with E-state index in [0.717, 1.165) is 12.1 Å². The summed E-state index contributed by atoms with van der Waals surface area (Å²) in [5, 5.41) is 12.1. The lowest BCUT2D eigenvalue weighted by Gasteiger charge is -2.14. The fourth-order valence-electron chi connectivity index (χ4n) is 2.02. The van der Waals surface area contributed by atoms with Crippen LogP contribution in [0.2, 0.25) is 0 Å². The van der Waals surface area contributed by atoms with E-state index in [9.17, 15) is 23.1 Å². The molecule has 2 aromatic rings. The average Bonchev–Trinajstić information content (AvgIpc) is 2.47. The van der Waals surface area contributed by atoms with Crippen LogP contribution in [0.5, 0.6) is 0 Å². The summed E-state index contributed by atoms with van der Waals surface area (Å²) >= 11 is 0. The van der Waals surface area contributed by atoms with Gasteiger partial charge in [0.2, 0.25) is 5.91 Å². The third-order valence-electron chi connectivity index (χ3n) is 3.13. The van der Waals surface area contributed by atoms with Gasteiger partial charge in [-0.15, -0.1) is 0 Å². The minimum Gasteiger partial charge on any atom is -0.386 e. The number of hydrogen-bond acceptors (Lipinski definition) is 2. The SMILES string of the molecule is O=C(Cc1ccccc1F)NCC(O)c1c(F)cccc1F. The molecular weight excluding hydrogens is 295 g/mol. The summed E-state index contributed by atoms with van der Waals surface area (Å²) in [6.07, 6.45) is -1.75. The van der Waals surface area contributed by atoms with Crippen molar-refractivity contribution in [3.8, 4) is 0 Å².